The van der Waals surface area contributed by atoms with Gasteiger partial charge < -0.3 is 14.9 Å². The molecule has 0 bridgehead atoms. The first-order valence-corrected chi connectivity index (χ1v) is 8.13. The van der Waals surface area contributed by atoms with Crippen molar-refractivity contribution in [2.45, 2.75) is 43.1 Å². The Hall–Kier alpha value is -1.44. The molecule has 0 fully saturated rings. The van der Waals surface area contributed by atoms with Crippen LogP contribution in [0, 0.1) is 0 Å². The van der Waals surface area contributed by atoms with Crippen LogP contribution in [0.2, 0.25) is 0 Å². The Morgan fingerprint density at radius 1 is 1.29 bits per heavy atom. The number of esters is 1. The fraction of sp³-hybridized carbons (Fsp3) is 0.500. The third kappa shape index (κ3) is 4.03. The second-order valence-electron chi connectivity index (χ2n) is 4.81. The zero-order valence-corrected chi connectivity index (χ0v) is 13.0. The Morgan fingerprint density at radius 3 is 2.43 bits per heavy atom. The van der Waals surface area contributed by atoms with Gasteiger partial charge in [0, 0.05) is 0 Å². The maximum atomic E-state index is 12.1. The lowest BCUT2D eigenvalue weighted by Gasteiger charge is -2.17. The molecule has 21 heavy (non-hydrogen) atoms. The van der Waals surface area contributed by atoms with Crippen molar-refractivity contribution in [1.82, 2.24) is 0 Å². The predicted molar refractivity (Wildman–Crippen MR) is 76.4 cm³/mol. The zero-order chi connectivity index (χ0) is 16.2. The highest BCUT2D eigenvalue weighted by Gasteiger charge is 2.28. The van der Waals surface area contributed by atoms with Crippen LogP contribution in [0.1, 0.15) is 32.4 Å². The summed E-state index contributed by atoms with van der Waals surface area (Å²) in [5.41, 5.74) is 0.136. The molecule has 0 aliphatic rings. The Bertz CT molecular complexity index is 593. The van der Waals surface area contributed by atoms with Gasteiger partial charge >= 0.3 is 5.97 Å². The number of ether oxygens (including phenoxy) is 1. The molecule has 0 aliphatic heterocycles. The van der Waals surface area contributed by atoms with E-state index in [2.05, 4.69) is 4.74 Å². The van der Waals surface area contributed by atoms with E-state index in [0.29, 0.717) is 0 Å². The number of aliphatic hydroxyl groups is 2. The topological polar surface area (TPSA) is 101 Å². The highest BCUT2D eigenvalue weighted by atomic mass is 32.2. The average Bonchev–Trinajstić information content (AvgIpc) is 2.45. The maximum Gasteiger partial charge on any atom is 0.338 e. The lowest BCUT2D eigenvalue weighted by Crippen LogP contribution is -2.30. The Labute approximate surface area is 124 Å². The minimum Gasteiger partial charge on any atom is -0.464 e. The second-order valence-corrected chi connectivity index (χ2v) is 7.31. The lowest BCUT2D eigenvalue weighted by molar-refractivity contribution is -0.159. The number of benzene rings is 1. The van der Waals surface area contributed by atoms with Crippen molar-refractivity contribution >= 4 is 15.8 Å². The van der Waals surface area contributed by atoms with Crippen LogP contribution in [-0.4, -0.2) is 42.6 Å². The van der Waals surface area contributed by atoms with E-state index in [4.69, 9.17) is 0 Å². The molecule has 0 spiro atoms. The minimum absolute atomic E-state index is 0.0325. The first-order valence-electron chi connectivity index (χ1n) is 6.58. The molecule has 0 heterocycles. The minimum atomic E-state index is -3.50. The summed E-state index contributed by atoms with van der Waals surface area (Å²) in [6.45, 7) is 4.75. The van der Waals surface area contributed by atoms with E-state index >= 15 is 0 Å². The molecular weight excluding hydrogens is 296 g/mol. The number of rotatable bonds is 6. The van der Waals surface area contributed by atoms with Crippen LogP contribution in [0.25, 0.3) is 0 Å². The van der Waals surface area contributed by atoms with Crippen molar-refractivity contribution in [3.8, 4) is 0 Å². The molecule has 0 aliphatic carbocycles. The first kappa shape index (κ1) is 17.6. The molecule has 1 aromatic carbocycles. The van der Waals surface area contributed by atoms with E-state index in [9.17, 15) is 23.4 Å². The molecule has 1 rings (SSSR count). The van der Waals surface area contributed by atoms with Gasteiger partial charge in [0.25, 0.3) is 0 Å². The average molecular weight is 316 g/mol. The number of aliphatic hydroxyl groups excluding tert-OH is 2. The molecule has 2 atom stereocenters. The van der Waals surface area contributed by atoms with E-state index in [1.54, 1.807) is 20.8 Å². The number of sulfone groups is 1. The molecule has 2 N–H and O–H groups in total. The molecule has 7 heteroatoms. The van der Waals surface area contributed by atoms with Gasteiger partial charge in [-0.05, 0) is 38.5 Å². The van der Waals surface area contributed by atoms with Crippen molar-refractivity contribution < 1.29 is 28.2 Å². The van der Waals surface area contributed by atoms with Crippen LogP contribution in [0.3, 0.4) is 0 Å². The second kappa shape index (κ2) is 7.02. The zero-order valence-electron chi connectivity index (χ0n) is 12.2. The molecule has 0 saturated carbocycles. The number of carbonyl (C=O) groups is 1. The molecule has 0 aromatic heterocycles. The van der Waals surface area contributed by atoms with Crippen molar-refractivity contribution in [3.63, 3.8) is 0 Å². The molecule has 0 saturated heterocycles. The van der Waals surface area contributed by atoms with Gasteiger partial charge in [0.05, 0.1) is 16.8 Å². The molecule has 0 radical (unpaired) electrons. The third-order valence-electron chi connectivity index (χ3n) is 2.98. The fourth-order valence-corrected chi connectivity index (χ4v) is 2.80. The quantitative estimate of drug-likeness (QED) is 0.754. The summed E-state index contributed by atoms with van der Waals surface area (Å²) in [5, 5.41) is 19.1. The molecular formula is C14H20O6S. The highest BCUT2D eigenvalue weighted by molar-refractivity contribution is 7.92. The summed E-state index contributed by atoms with van der Waals surface area (Å²) in [5.74, 6) is -0.956. The number of hydrogen-bond acceptors (Lipinski definition) is 6. The third-order valence-corrected chi connectivity index (χ3v) is 5.13. The largest absolute Gasteiger partial charge is 0.464 e. The highest BCUT2D eigenvalue weighted by Crippen LogP contribution is 2.23. The summed E-state index contributed by atoms with van der Waals surface area (Å²) in [6, 6.07) is 5.54. The van der Waals surface area contributed by atoms with Gasteiger partial charge in [-0.25, -0.2) is 13.2 Å². The van der Waals surface area contributed by atoms with Gasteiger partial charge in [0.15, 0.2) is 15.9 Å². The first-order chi connectivity index (χ1) is 9.71. The molecule has 6 nitrogen and oxygen atoms in total. The molecule has 1 aromatic rings. The van der Waals surface area contributed by atoms with Crippen LogP contribution in [0.5, 0.6) is 0 Å². The standard InChI is InChI=1S/C14H20O6S/c1-4-20-14(17)13(16)12(15)10-6-5-7-11(8-10)21(18,19)9(2)3/h5-9,12-13,15-16H,4H2,1-3H3. The van der Waals surface area contributed by atoms with E-state index in [1.807, 2.05) is 0 Å². The summed E-state index contributed by atoms with van der Waals surface area (Å²) < 4.78 is 28.8. The van der Waals surface area contributed by atoms with Gasteiger partial charge in [-0.2, -0.15) is 0 Å². The molecule has 2 unspecified atom stereocenters. The van der Waals surface area contributed by atoms with Crippen molar-refractivity contribution in [3.05, 3.63) is 29.8 Å². The van der Waals surface area contributed by atoms with Gasteiger partial charge in [-0.1, -0.05) is 12.1 Å². The van der Waals surface area contributed by atoms with E-state index in [1.165, 1.54) is 24.3 Å². The fourth-order valence-electron chi connectivity index (χ4n) is 1.69. The van der Waals surface area contributed by atoms with E-state index in [-0.39, 0.29) is 17.1 Å². The number of carbonyl (C=O) groups excluding carboxylic acids is 1. The van der Waals surface area contributed by atoms with Crippen LogP contribution in [0.4, 0.5) is 0 Å². The van der Waals surface area contributed by atoms with Crippen LogP contribution in [0.15, 0.2) is 29.2 Å². The monoisotopic (exact) mass is 316 g/mol. The van der Waals surface area contributed by atoms with E-state index in [0.717, 1.165) is 0 Å². The van der Waals surface area contributed by atoms with Gasteiger partial charge in [-0.3, -0.25) is 0 Å². The summed E-state index contributed by atoms with van der Waals surface area (Å²) in [4.78, 5) is 11.4. The summed E-state index contributed by atoms with van der Waals surface area (Å²) in [6.07, 6.45) is -3.31. The maximum absolute atomic E-state index is 12.1. The van der Waals surface area contributed by atoms with Crippen molar-refractivity contribution in [2.24, 2.45) is 0 Å². The molecule has 118 valence electrons. The SMILES string of the molecule is CCOC(=O)C(O)C(O)c1cccc(S(=O)(=O)C(C)C)c1. The summed E-state index contributed by atoms with van der Waals surface area (Å²) in [7, 11) is -3.50. The van der Waals surface area contributed by atoms with E-state index < -0.39 is 33.3 Å². The predicted octanol–water partition coefficient (Wildman–Crippen LogP) is 0.826. The van der Waals surface area contributed by atoms with Gasteiger partial charge in [0.2, 0.25) is 0 Å². The van der Waals surface area contributed by atoms with Crippen LogP contribution < -0.4 is 0 Å². The Kier molecular flexibility index (Phi) is 5.88. The van der Waals surface area contributed by atoms with Crippen molar-refractivity contribution in [2.75, 3.05) is 6.61 Å². The Balaban J connectivity index is 3.08. The van der Waals surface area contributed by atoms with Crippen LogP contribution >= 0.6 is 0 Å². The van der Waals surface area contributed by atoms with Crippen molar-refractivity contribution in [1.29, 1.82) is 0 Å². The normalized spacial score (nSPS) is 14.8. The van der Waals surface area contributed by atoms with Gasteiger partial charge in [0.1, 0.15) is 6.10 Å². The Morgan fingerprint density at radius 2 is 1.90 bits per heavy atom. The van der Waals surface area contributed by atoms with Crippen LogP contribution in [-0.2, 0) is 19.4 Å². The molecule has 0 amide bonds. The lowest BCUT2D eigenvalue weighted by atomic mass is 10.0. The number of hydrogen-bond donors (Lipinski definition) is 2. The van der Waals surface area contributed by atoms with Gasteiger partial charge in [-0.15, -0.1) is 0 Å². The smallest absolute Gasteiger partial charge is 0.338 e. The summed E-state index contributed by atoms with van der Waals surface area (Å²) >= 11 is 0.